The van der Waals surface area contributed by atoms with Gasteiger partial charge in [-0.2, -0.15) is 9.78 Å². The third kappa shape index (κ3) is 3.85. The highest BCUT2D eigenvalue weighted by molar-refractivity contribution is 7.98. The fourth-order valence-electron chi connectivity index (χ4n) is 1.91. The first-order chi connectivity index (χ1) is 11.2. The topological polar surface area (TPSA) is 103 Å². The molecule has 9 heteroatoms. The minimum absolute atomic E-state index is 0.0420. The van der Waals surface area contributed by atoms with E-state index in [0.29, 0.717) is 16.4 Å². The summed E-state index contributed by atoms with van der Waals surface area (Å²) < 4.78 is 1.16. The Hall–Kier alpha value is -2.55. The van der Waals surface area contributed by atoms with Crippen LogP contribution < -0.4 is 5.56 Å². The zero-order valence-electron chi connectivity index (χ0n) is 13.8. The standard InChI is InChI=1S/C15H17N5O3S/c1-15(2,3)12-13(21)19(14(24-4)18-17-12)16-9-10-6-5-7-11(8-10)20(22)23/h5-9H,1-4H3/b16-9+. The number of hydrogen-bond donors (Lipinski definition) is 0. The Balaban J connectivity index is 2.50. The quantitative estimate of drug-likeness (QED) is 0.364. The second kappa shape index (κ2) is 6.91. The van der Waals surface area contributed by atoms with Gasteiger partial charge in [-0.1, -0.05) is 44.7 Å². The van der Waals surface area contributed by atoms with Gasteiger partial charge in [0.15, 0.2) is 0 Å². The molecule has 8 nitrogen and oxygen atoms in total. The van der Waals surface area contributed by atoms with Crippen LogP contribution in [-0.2, 0) is 5.41 Å². The van der Waals surface area contributed by atoms with E-state index in [-0.39, 0.29) is 11.2 Å². The maximum Gasteiger partial charge on any atom is 0.297 e. The number of benzene rings is 1. The van der Waals surface area contributed by atoms with E-state index < -0.39 is 10.3 Å². The van der Waals surface area contributed by atoms with E-state index in [4.69, 9.17) is 0 Å². The Bertz CT molecular complexity index is 855. The van der Waals surface area contributed by atoms with Gasteiger partial charge in [0.25, 0.3) is 11.2 Å². The maximum absolute atomic E-state index is 12.6. The summed E-state index contributed by atoms with van der Waals surface area (Å²) in [6.45, 7) is 5.60. The Morgan fingerprint density at radius 2 is 2.04 bits per heavy atom. The molecular formula is C15H17N5O3S. The normalized spacial score (nSPS) is 11.8. The van der Waals surface area contributed by atoms with E-state index in [0.717, 1.165) is 4.68 Å². The molecule has 0 unspecified atom stereocenters. The first kappa shape index (κ1) is 17.8. The number of nitro benzene ring substituents is 1. The molecule has 0 saturated heterocycles. The summed E-state index contributed by atoms with van der Waals surface area (Å²) in [7, 11) is 0. The Kier molecular flexibility index (Phi) is 5.13. The molecule has 0 aliphatic rings. The van der Waals surface area contributed by atoms with Crippen molar-refractivity contribution in [2.24, 2.45) is 5.10 Å². The van der Waals surface area contributed by atoms with Crippen molar-refractivity contribution in [2.75, 3.05) is 6.26 Å². The highest BCUT2D eigenvalue weighted by Gasteiger charge is 2.23. The highest BCUT2D eigenvalue weighted by Crippen LogP contribution is 2.17. The van der Waals surface area contributed by atoms with Crippen molar-refractivity contribution in [1.29, 1.82) is 0 Å². The van der Waals surface area contributed by atoms with Crippen molar-refractivity contribution in [3.8, 4) is 0 Å². The molecule has 0 amide bonds. The lowest BCUT2D eigenvalue weighted by Gasteiger charge is -2.16. The van der Waals surface area contributed by atoms with Gasteiger partial charge in [0.1, 0.15) is 5.69 Å². The largest absolute Gasteiger partial charge is 0.297 e. The molecule has 24 heavy (non-hydrogen) atoms. The third-order valence-corrected chi connectivity index (χ3v) is 3.73. The van der Waals surface area contributed by atoms with Crippen LogP contribution in [0.3, 0.4) is 0 Å². The van der Waals surface area contributed by atoms with Crippen LogP contribution in [0.25, 0.3) is 0 Å². The highest BCUT2D eigenvalue weighted by atomic mass is 32.2. The average molecular weight is 347 g/mol. The van der Waals surface area contributed by atoms with E-state index in [9.17, 15) is 14.9 Å². The van der Waals surface area contributed by atoms with Gasteiger partial charge in [-0.3, -0.25) is 14.9 Å². The molecule has 0 spiro atoms. The Morgan fingerprint density at radius 3 is 2.62 bits per heavy atom. The Morgan fingerprint density at radius 1 is 1.33 bits per heavy atom. The van der Waals surface area contributed by atoms with Gasteiger partial charge in [-0.05, 0) is 6.26 Å². The van der Waals surface area contributed by atoms with Crippen LogP contribution >= 0.6 is 11.8 Å². The molecule has 0 bridgehead atoms. The molecule has 1 aromatic carbocycles. The first-order valence-electron chi connectivity index (χ1n) is 7.07. The molecule has 1 aromatic heterocycles. The molecule has 1 heterocycles. The second-order valence-corrected chi connectivity index (χ2v) is 6.77. The van der Waals surface area contributed by atoms with Crippen LogP contribution in [0.4, 0.5) is 5.69 Å². The van der Waals surface area contributed by atoms with Crippen molar-refractivity contribution in [2.45, 2.75) is 31.3 Å². The van der Waals surface area contributed by atoms with E-state index in [2.05, 4.69) is 15.3 Å². The zero-order valence-corrected chi connectivity index (χ0v) is 14.6. The molecular weight excluding hydrogens is 330 g/mol. The molecule has 0 N–H and O–H groups in total. The molecule has 0 aliphatic heterocycles. The second-order valence-electron chi connectivity index (χ2n) is 6.00. The maximum atomic E-state index is 12.6. The van der Waals surface area contributed by atoms with Crippen LogP contribution in [0.15, 0.2) is 39.3 Å². The van der Waals surface area contributed by atoms with Crippen LogP contribution in [-0.4, -0.2) is 32.3 Å². The van der Waals surface area contributed by atoms with Gasteiger partial charge in [-0.25, -0.2) is 0 Å². The summed E-state index contributed by atoms with van der Waals surface area (Å²) in [6.07, 6.45) is 3.15. The molecule has 0 atom stereocenters. The van der Waals surface area contributed by atoms with Crippen LogP contribution in [0, 0.1) is 10.1 Å². The fraction of sp³-hybridized carbons (Fsp3) is 0.333. The smallest absolute Gasteiger partial charge is 0.265 e. The number of nitro groups is 1. The van der Waals surface area contributed by atoms with E-state index in [1.165, 1.54) is 30.1 Å². The van der Waals surface area contributed by atoms with E-state index in [1.807, 2.05) is 20.8 Å². The number of hydrogen-bond acceptors (Lipinski definition) is 7. The molecule has 2 aromatic rings. The molecule has 0 radical (unpaired) electrons. The van der Waals surface area contributed by atoms with Gasteiger partial charge in [0, 0.05) is 23.1 Å². The third-order valence-electron chi connectivity index (χ3n) is 3.11. The Labute approximate surface area is 142 Å². The van der Waals surface area contributed by atoms with E-state index >= 15 is 0 Å². The van der Waals surface area contributed by atoms with Crippen molar-refractivity contribution in [3.05, 3.63) is 56.0 Å². The van der Waals surface area contributed by atoms with Crippen molar-refractivity contribution in [1.82, 2.24) is 14.9 Å². The lowest BCUT2D eigenvalue weighted by molar-refractivity contribution is -0.384. The van der Waals surface area contributed by atoms with Gasteiger partial charge in [0.05, 0.1) is 11.1 Å². The predicted molar refractivity (Wildman–Crippen MR) is 92.9 cm³/mol. The van der Waals surface area contributed by atoms with Crippen LogP contribution in [0.2, 0.25) is 0 Å². The van der Waals surface area contributed by atoms with Crippen molar-refractivity contribution < 1.29 is 4.92 Å². The monoisotopic (exact) mass is 347 g/mol. The summed E-state index contributed by atoms with van der Waals surface area (Å²) in [5.74, 6) is 0. The lowest BCUT2D eigenvalue weighted by Crippen LogP contribution is -2.32. The van der Waals surface area contributed by atoms with Gasteiger partial charge >= 0.3 is 0 Å². The van der Waals surface area contributed by atoms with E-state index in [1.54, 1.807) is 18.4 Å². The minimum Gasteiger partial charge on any atom is -0.265 e. The molecule has 0 saturated carbocycles. The number of aromatic nitrogens is 3. The van der Waals surface area contributed by atoms with Crippen molar-refractivity contribution >= 4 is 23.7 Å². The van der Waals surface area contributed by atoms with Gasteiger partial charge < -0.3 is 0 Å². The lowest BCUT2D eigenvalue weighted by atomic mass is 9.93. The molecule has 0 aliphatic carbocycles. The summed E-state index contributed by atoms with van der Waals surface area (Å²) in [6, 6.07) is 6.00. The molecule has 126 valence electrons. The van der Waals surface area contributed by atoms with Crippen LogP contribution in [0.5, 0.6) is 0 Å². The number of thioether (sulfide) groups is 1. The van der Waals surface area contributed by atoms with Crippen LogP contribution in [0.1, 0.15) is 32.0 Å². The number of non-ortho nitro benzene ring substituents is 1. The number of rotatable bonds is 4. The fourth-order valence-corrected chi connectivity index (χ4v) is 2.33. The first-order valence-corrected chi connectivity index (χ1v) is 8.29. The SMILES string of the molecule is CSc1nnc(C(C)(C)C)c(=O)n1/N=C/c1cccc([N+](=O)[O-])c1. The average Bonchev–Trinajstić information content (AvgIpc) is 2.52. The minimum atomic E-state index is -0.484. The summed E-state index contributed by atoms with van der Waals surface area (Å²) in [5, 5.41) is 23.4. The van der Waals surface area contributed by atoms with Gasteiger partial charge in [-0.15, -0.1) is 10.2 Å². The summed E-state index contributed by atoms with van der Waals surface area (Å²) in [4.78, 5) is 23.0. The summed E-state index contributed by atoms with van der Waals surface area (Å²) >= 11 is 1.24. The molecule has 0 fully saturated rings. The molecule has 2 rings (SSSR count). The predicted octanol–water partition coefficient (Wildman–Crippen LogP) is 2.45. The number of nitrogens with zero attached hydrogens (tertiary/aromatic N) is 5. The van der Waals surface area contributed by atoms with Crippen molar-refractivity contribution in [3.63, 3.8) is 0 Å². The zero-order chi connectivity index (χ0) is 17.9. The van der Waals surface area contributed by atoms with Gasteiger partial charge in [0.2, 0.25) is 5.16 Å². The summed E-state index contributed by atoms with van der Waals surface area (Å²) in [5.41, 5.74) is -0.0546.